The van der Waals surface area contributed by atoms with Crippen LogP contribution in [0.25, 0.3) is 0 Å². The van der Waals surface area contributed by atoms with Crippen molar-refractivity contribution in [3.8, 4) is 0 Å². The largest absolute Gasteiger partial charge is 0.331 e. The van der Waals surface area contributed by atoms with Crippen molar-refractivity contribution in [2.24, 2.45) is 5.92 Å². The van der Waals surface area contributed by atoms with Crippen molar-refractivity contribution in [3.05, 3.63) is 37.0 Å². The molecule has 1 fully saturated rings. The Hall–Kier alpha value is -1.31. The summed E-state index contributed by atoms with van der Waals surface area (Å²) in [7, 11) is 0. The smallest absolute Gasteiger partial charge is 0.230 e. The van der Waals surface area contributed by atoms with Crippen LogP contribution in [0, 0.1) is 5.92 Å². The highest BCUT2D eigenvalue weighted by atomic mass is 16.2. The first-order valence-corrected chi connectivity index (χ1v) is 4.51. The molecule has 2 heteroatoms. The highest BCUT2D eigenvalue weighted by molar-refractivity contribution is 5.84. The molecule has 2 rings (SSSR count). The molecule has 0 saturated carbocycles. The van der Waals surface area contributed by atoms with E-state index in [2.05, 4.69) is 19.2 Å². The van der Waals surface area contributed by atoms with Crippen molar-refractivity contribution in [3.63, 3.8) is 0 Å². The lowest BCUT2D eigenvalue weighted by Gasteiger charge is -2.26. The van der Waals surface area contributed by atoms with Crippen molar-refractivity contribution >= 4 is 5.91 Å². The van der Waals surface area contributed by atoms with Crippen LogP contribution in [-0.2, 0) is 4.79 Å². The third-order valence-corrected chi connectivity index (χ3v) is 2.71. The minimum absolute atomic E-state index is 0.0144. The summed E-state index contributed by atoms with van der Waals surface area (Å²) < 4.78 is 0. The first-order chi connectivity index (χ1) is 6.22. The van der Waals surface area contributed by atoms with Gasteiger partial charge in [-0.3, -0.25) is 4.79 Å². The van der Waals surface area contributed by atoms with Crippen molar-refractivity contribution in [1.29, 1.82) is 0 Å². The van der Waals surface area contributed by atoms with Gasteiger partial charge in [0.2, 0.25) is 5.91 Å². The van der Waals surface area contributed by atoms with Crippen LogP contribution in [0.2, 0.25) is 0 Å². The zero-order valence-corrected chi connectivity index (χ0v) is 7.57. The van der Waals surface area contributed by atoms with Crippen molar-refractivity contribution in [2.75, 3.05) is 6.54 Å². The molecule has 2 heterocycles. The van der Waals surface area contributed by atoms with Crippen molar-refractivity contribution in [2.45, 2.75) is 12.5 Å². The molecule has 0 radical (unpaired) electrons. The molecule has 2 aliphatic heterocycles. The van der Waals surface area contributed by atoms with Gasteiger partial charge in [0.05, 0.1) is 12.0 Å². The van der Waals surface area contributed by atoms with E-state index in [-0.39, 0.29) is 17.9 Å². The van der Waals surface area contributed by atoms with Crippen LogP contribution in [0.3, 0.4) is 0 Å². The lowest BCUT2D eigenvalue weighted by Crippen LogP contribution is -2.36. The average molecular weight is 175 g/mol. The van der Waals surface area contributed by atoms with E-state index in [0.717, 1.165) is 12.0 Å². The highest BCUT2D eigenvalue weighted by Gasteiger charge is 2.37. The minimum atomic E-state index is 0.0144. The first kappa shape index (κ1) is 8.30. The molecule has 0 spiro atoms. The highest BCUT2D eigenvalue weighted by Crippen LogP contribution is 2.29. The molecule has 0 aromatic heterocycles. The van der Waals surface area contributed by atoms with E-state index in [4.69, 9.17) is 0 Å². The van der Waals surface area contributed by atoms with Gasteiger partial charge < -0.3 is 4.90 Å². The molecule has 0 aliphatic carbocycles. The molecule has 0 aromatic carbocycles. The summed E-state index contributed by atoms with van der Waals surface area (Å²) in [5.41, 5.74) is 1.01. The Labute approximate surface area is 78.2 Å². The molecule has 13 heavy (non-hydrogen) atoms. The molecular weight excluding hydrogens is 162 g/mol. The number of nitrogens with zero attached hydrogens (tertiary/aromatic N) is 1. The normalized spacial score (nSPS) is 32.2. The predicted molar refractivity (Wildman–Crippen MR) is 52.1 cm³/mol. The number of hydrogen-bond acceptors (Lipinski definition) is 1. The van der Waals surface area contributed by atoms with E-state index < -0.39 is 0 Å². The van der Waals surface area contributed by atoms with E-state index in [9.17, 15) is 4.79 Å². The fraction of sp³-hybridized carbons (Fsp3) is 0.364. The molecule has 1 saturated heterocycles. The van der Waals surface area contributed by atoms with Gasteiger partial charge in [-0.25, -0.2) is 0 Å². The molecule has 2 unspecified atom stereocenters. The fourth-order valence-corrected chi connectivity index (χ4v) is 1.96. The number of hydrogen-bond donors (Lipinski definition) is 0. The number of fused-ring (bicyclic) bond motifs is 1. The van der Waals surface area contributed by atoms with E-state index >= 15 is 0 Å². The SMILES string of the molecule is C=CC1CC2C=CC(=C)CN2C1=O. The predicted octanol–water partition coefficient (Wildman–Crippen LogP) is 1.52. The molecule has 1 amide bonds. The summed E-state index contributed by atoms with van der Waals surface area (Å²) in [6.45, 7) is 8.21. The van der Waals surface area contributed by atoms with E-state index in [1.165, 1.54) is 0 Å². The molecule has 68 valence electrons. The van der Waals surface area contributed by atoms with Gasteiger partial charge in [0.25, 0.3) is 0 Å². The van der Waals surface area contributed by atoms with Gasteiger partial charge in [-0.15, -0.1) is 6.58 Å². The number of amides is 1. The number of carbonyl (C=O) groups excluding carboxylic acids is 1. The molecule has 2 nitrogen and oxygen atoms in total. The molecule has 2 atom stereocenters. The molecular formula is C11H13NO. The lowest BCUT2D eigenvalue weighted by atomic mass is 10.0. The van der Waals surface area contributed by atoms with Crippen LogP contribution in [0.5, 0.6) is 0 Å². The monoisotopic (exact) mass is 175 g/mol. The van der Waals surface area contributed by atoms with Gasteiger partial charge in [-0.2, -0.15) is 0 Å². The van der Waals surface area contributed by atoms with Gasteiger partial charge in [0.15, 0.2) is 0 Å². The summed E-state index contributed by atoms with van der Waals surface area (Å²) in [6.07, 6.45) is 6.70. The van der Waals surface area contributed by atoms with Gasteiger partial charge >= 0.3 is 0 Å². The zero-order chi connectivity index (χ0) is 9.42. The van der Waals surface area contributed by atoms with E-state index in [1.807, 2.05) is 11.0 Å². The minimum Gasteiger partial charge on any atom is -0.331 e. The Balaban J connectivity index is 2.25. The topological polar surface area (TPSA) is 20.3 Å². The summed E-state index contributed by atoms with van der Waals surface area (Å²) >= 11 is 0. The quantitative estimate of drug-likeness (QED) is 0.553. The molecule has 0 aromatic rings. The molecule has 0 bridgehead atoms. The third-order valence-electron chi connectivity index (χ3n) is 2.71. The van der Waals surface area contributed by atoms with Crippen molar-refractivity contribution in [1.82, 2.24) is 4.90 Å². The van der Waals surface area contributed by atoms with Crippen LogP contribution in [0.1, 0.15) is 6.42 Å². The number of carbonyl (C=O) groups is 1. The maximum absolute atomic E-state index is 11.7. The Bertz CT molecular complexity index is 303. The Morgan fingerprint density at radius 3 is 3.08 bits per heavy atom. The summed E-state index contributed by atoms with van der Waals surface area (Å²) in [6, 6.07) is 0.279. The number of rotatable bonds is 1. The third kappa shape index (κ3) is 1.22. The van der Waals surface area contributed by atoms with E-state index in [1.54, 1.807) is 6.08 Å². The maximum atomic E-state index is 11.7. The fourth-order valence-electron chi connectivity index (χ4n) is 1.96. The Kier molecular flexibility index (Phi) is 1.83. The zero-order valence-electron chi connectivity index (χ0n) is 7.57. The van der Waals surface area contributed by atoms with Crippen LogP contribution in [0.15, 0.2) is 37.0 Å². The average Bonchev–Trinajstić information content (AvgIpc) is 2.44. The summed E-state index contributed by atoms with van der Waals surface area (Å²) in [5, 5.41) is 0. The second-order valence-electron chi connectivity index (χ2n) is 3.63. The van der Waals surface area contributed by atoms with Crippen LogP contribution < -0.4 is 0 Å². The summed E-state index contributed by atoms with van der Waals surface area (Å²) in [4.78, 5) is 13.6. The van der Waals surface area contributed by atoms with Crippen molar-refractivity contribution < 1.29 is 4.79 Å². The molecule has 0 N–H and O–H groups in total. The lowest BCUT2D eigenvalue weighted by molar-refractivity contribution is -0.130. The standard InChI is InChI=1S/C11H13NO/c1-3-9-6-10-5-4-8(2)7-12(10)11(9)13/h3-5,9-10H,1-2,6-7H2. The van der Waals surface area contributed by atoms with Gasteiger partial charge in [0.1, 0.15) is 0 Å². The second kappa shape index (κ2) is 2.87. The van der Waals surface area contributed by atoms with Gasteiger partial charge in [-0.05, 0) is 12.0 Å². The second-order valence-corrected chi connectivity index (χ2v) is 3.63. The van der Waals surface area contributed by atoms with Gasteiger partial charge in [0, 0.05) is 6.54 Å². The van der Waals surface area contributed by atoms with Crippen LogP contribution in [0.4, 0.5) is 0 Å². The van der Waals surface area contributed by atoms with E-state index in [0.29, 0.717) is 6.54 Å². The Morgan fingerprint density at radius 2 is 2.38 bits per heavy atom. The molecule has 2 aliphatic rings. The van der Waals surface area contributed by atoms with Crippen LogP contribution >= 0.6 is 0 Å². The van der Waals surface area contributed by atoms with Gasteiger partial charge in [-0.1, -0.05) is 24.8 Å². The Morgan fingerprint density at radius 1 is 1.62 bits per heavy atom. The first-order valence-electron chi connectivity index (χ1n) is 4.51. The van der Waals surface area contributed by atoms with Crippen LogP contribution in [-0.4, -0.2) is 23.4 Å². The maximum Gasteiger partial charge on any atom is 0.230 e. The summed E-state index contributed by atoms with van der Waals surface area (Å²) in [5.74, 6) is 0.214.